The molecule has 3 rings (SSSR count). The Hall–Kier alpha value is -1.51. The first-order valence-electron chi connectivity index (χ1n) is 7.69. The fourth-order valence-corrected chi connectivity index (χ4v) is 3.72. The maximum Gasteiger partial charge on any atom is 0.342 e. The Morgan fingerprint density at radius 3 is 2.88 bits per heavy atom. The highest BCUT2D eigenvalue weighted by molar-refractivity contribution is 14.1. The lowest BCUT2D eigenvalue weighted by Crippen LogP contribution is -2.37. The lowest BCUT2D eigenvalue weighted by Gasteiger charge is -2.28. The van der Waals surface area contributed by atoms with Gasteiger partial charge in [0.25, 0.3) is 0 Å². The van der Waals surface area contributed by atoms with Crippen LogP contribution in [0.5, 0.6) is 11.5 Å². The van der Waals surface area contributed by atoms with Gasteiger partial charge >= 0.3 is 11.9 Å². The summed E-state index contributed by atoms with van der Waals surface area (Å²) in [6.07, 6.45) is 1.41. The smallest absolute Gasteiger partial charge is 0.342 e. The Balaban J connectivity index is 1.88. The molecule has 0 saturated heterocycles. The number of methoxy groups -OCH3 is 2. The van der Waals surface area contributed by atoms with E-state index in [2.05, 4.69) is 22.6 Å². The number of esters is 2. The first-order valence-corrected chi connectivity index (χ1v) is 8.77. The van der Waals surface area contributed by atoms with Crippen LogP contribution in [0.1, 0.15) is 41.3 Å². The van der Waals surface area contributed by atoms with Crippen molar-refractivity contribution in [3.8, 4) is 11.5 Å². The molecule has 0 aromatic heterocycles. The van der Waals surface area contributed by atoms with Gasteiger partial charge in [0.15, 0.2) is 0 Å². The van der Waals surface area contributed by atoms with Gasteiger partial charge in [0.2, 0.25) is 0 Å². The highest BCUT2D eigenvalue weighted by atomic mass is 127. The Labute approximate surface area is 153 Å². The van der Waals surface area contributed by atoms with Crippen molar-refractivity contribution in [1.29, 1.82) is 0 Å². The summed E-state index contributed by atoms with van der Waals surface area (Å²) in [6.45, 7) is 2.29. The molecule has 130 valence electrons. The molecule has 2 aliphatic heterocycles. The van der Waals surface area contributed by atoms with Crippen molar-refractivity contribution in [2.24, 2.45) is 0 Å². The molecule has 0 amide bonds. The van der Waals surface area contributed by atoms with Gasteiger partial charge in [-0.1, -0.05) is 22.6 Å². The Kier molecular flexibility index (Phi) is 4.63. The zero-order valence-electron chi connectivity index (χ0n) is 13.8. The zero-order valence-corrected chi connectivity index (χ0v) is 16.0. The van der Waals surface area contributed by atoms with Crippen molar-refractivity contribution in [3.63, 3.8) is 0 Å². The summed E-state index contributed by atoms with van der Waals surface area (Å²) >= 11 is 2.31. The summed E-state index contributed by atoms with van der Waals surface area (Å²) in [5.74, 6) is 0.687. The van der Waals surface area contributed by atoms with E-state index in [9.17, 15) is 9.59 Å². The van der Waals surface area contributed by atoms with Gasteiger partial charge in [-0.3, -0.25) is 4.79 Å². The Morgan fingerprint density at radius 2 is 2.21 bits per heavy atom. The van der Waals surface area contributed by atoms with E-state index in [1.807, 2.05) is 13.0 Å². The fraction of sp³-hybridized carbons (Fsp3) is 0.529. The van der Waals surface area contributed by atoms with E-state index in [1.54, 1.807) is 7.11 Å². The first kappa shape index (κ1) is 17.3. The number of carbonyl (C=O) groups is 2. The van der Waals surface area contributed by atoms with E-state index >= 15 is 0 Å². The van der Waals surface area contributed by atoms with E-state index in [-0.39, 0.29) is 28.1 Å². The molecule has 0 saturated carbocycles. The molecule has 2 atom stereocenters. The van der Waals surface area contributed by atoms with Gasteiger partial charge in [-0.15, -0.1) is 0 Å². The second-order valence-electron chi connectivity index (χ2n) is 6.16. The molecular weight excluding hydrogens is 427 g/mol. The van der Waals surface area contributed by atoms with Crippen molar-refractivity contribution in [2.45, 2.75) is 42.3 Å². The number of ether oxygens (including phenoxy) is 4. The van der Waals surface area contributed by atoms with Gasteiger partial charge < -0.3 is 18.9 Å². The summed E-state index contributed by atoms with van der Waals surface area (Å²) in [5.41, 5.74) is 2.19. The van der Waals surface area contributed by atoms with E-state index < -0.39 is 0 Å². The summed E-state index contributed by atoms with van der Waals surface area (Å²) in [7, 11) is 2.99. The Morgan fingerprint density at radius 1 is 1.46 bits per heavy atom. The van der Waals surface area contributed by atoms with Gasteiger partial charge in [-0.25, -0.2) is 4.79 Å². The van der Waals surface area contributed by atoms with Crippen molar-refractivity contribution in [1.82, 2.24) is 0 Å². The minimum atomic E-state index is -0.353. The third kappa shape index (κ3) is 2.94. The lowest BCUT2D eigenvalue weighted by atomic mass is 9.94. The molecule has 24 heavy (non-hydrogen) atoms. The fourth-order valence-electron chi connectivity index (χ4n) is 3.10. The molecule has 0 N–H and O–H groups in total. The van der Waals surface area contributed by atoms with Gasteiger partial charge in [0.05, 0.1) is 17.6 Å². The maximum atomic E-state index is 12.0. The molecule has 0 bridgehead atoms. The van der Waals surface area contributed by atoms with Gasteiger partial charge in [0, 0.05) is 24.0 Å². The van der Waals surface area contributed by atoms with Crippen LogP contribution in [-0.4, -0.2) is 35.7 Å². The number of fused-ring (bicyclic) bond motifs is 3. The van der Waals surface area contributed by atoms with Crippen LogP contribution in [0.2, 0.25) is 0 Å². The average Bonchev–Trinajstić information content (AvgIpc) is 3.16. The van der Waals surface area contributed by atoms with Gasteiger partial charge in [0.1, 0.15) is 29.8 Å². The molecule has 0 spiro atoms. The molecular formula is C17H19IO6. The molecule has 0 radical (unpaired) electrons. The molecule has 2 heterocycles. The number of cyclic esters (lactones) is 1. The molecule has 0 aliphatic carbocycles. The number of hydrogen-bond acceptors (Lipinski definition) is 6. The molecule has 2 aliphatic rings. The van der Waals surface area contributed by atoms with E-state index in [1.165, 1.54) is 7.11 Å². The third-order valence-corrected chi connectivity index (χ3v) is 5.81. The van der Waals surface area contributed by atoms with E-state index in [4.69, 9.17) is 18.9 Å². The largest absolute Gasteiger partial charge is 0.496 e. The number of hydrogen-bond donors (Lipinski definition) is 0. The van der Waals surface area contributed by atoms with Crippen LogP contribution in [0.4, 0.5) is 0 Å². The van der Waals surface area contributed by atoms with Crippen LogP contribution >= 0.6 is 22.6 Å². The third-order valence-electron chi connectivity index (χ3n) is 4.57. The van der Waals surface area contributed by atoms with Crippen LogP contribution < -0.4 is 9.47 Å². The van der Waals surface area contributed by atoms with Crippen LogP contribution in [-0.2, 0) is 27.3 Å². The van der Waals surface area contributed by atoms with Crippen molar-refractivity contribution < 1.29 is 28.5 Å². The van der Waals surface area contributed by atoms with E-state index in [0.29, 0.717) is 36.3 Å². The van der Waals surface area contributed by atoms with Crippen LogP contribution in [0.25, 0.3) is 0 Å². The average molecular weight is 446 g/mol. The number of carbonyl (C=O) groups excluding carboxylic acids is 2. The summed E-state index contributed by atoms with van der Waals surface area (Å²) in [4.78, 5) is 23.5. The molecule has 1 aromatic carbocycles. The van der Waals surface area contributed by atoms with Gasteiger partial charge in [-0.05, 0) is 19.4 Å². The first-order chi connectivity index (χ1) is 11.4. The molecule has 0 fully saturated rings. The quantitative estimate of drug-likeness (QED) is 0.394. The van der Waals surface area contributed by atoms with Crippen LogP contribution in [0.3, 0.4) is 0 Å². The second kappa shape index (κ2) is 6.42. The molecule has 1 aromatic rings. The number of benzene rings is 1. The number of rotatable bonds is 5. The lowest BCUT2D eigenvalue weighted by molar-refractivity contribution is -0.140. The number of alkyl halides is 1. The van der Waals surface area contributed by atoms with Gasteiger partial charge in [-0.2, -0.15) is 0 Å². The predicted molar refractivity (Wildman–Crippen MR) is 93.9 cm³/mol. The van der Waals surface area contributed by atoms with Crippen LogP contribution in [0.15, 0.2) is 6.07 Å². The van der Waals surface area contributed by atoms with E-state index in [0.717, 1.165) is 11.1 Å². The second-order valence-corrected chi connectivity index (χ2v) is 8.63. The summed E-state index contributed by atoms with van der Waals surface area (Å²) < 4.78 is 21.2. The predicted octanol–water partition coefficient (Wildman–Crippen LogP) is 2.82. The maximum absolute atomic E-state index is 12.0. The minimum Gasteiger partial charge on any atom is -0.496 e. The van der Waals surface area contributed by atoms with Crippen molar-refractivity contribution in [3.05, 3.63) is 22.8 Å². The van der Waals surface area contributed by atoms with Crippen molar-refractivity contribution >= 4 is 34.5 Å². The molecule has 7 heteroatoms. The minimum absolute atomic E-state index is 0.161. The van der Waals surface area contributed by atoms with Crippen LogP contribution in [0, 0.1) is 0 Å². The standard InChI is InChI=1S/C17H19IO6/c1-17(18,5-4-13(19)22-3)12-7-10-11(21-2)6-9-8-23-16(20)14(9)15(10)24-12/h6,12H,4-5,7-8H2,1-3H3/t12-,17+/m0/s1. The summed E-state index contributed by atoms with van der Waals surface area (Å²) in [6, 6.07) is 1.85. The molecule has 6 nitrogen and oxygen atoms in total. The molecule has 0 unspecified atom stereocenters. The Bertz CT molecular complexity index is 697. The number of halogens is 1. The zero-order chi connectivity index (χ0) is 17.5. The highest BCUT2D eigenvalue weighted by Gasteiger charge is 2.43. The SMILES string of the molecule is COC(=O)CC[C@@](C)(I)[C@@H]1Cc2c(OC)cc3c(c2O1)C(=O)OC3. The topological polar surface area (TPSA) is 71.1 Å². The normalized spacial score (nSPS) is 20.5. The summed E-state index contributed by atoms with van der Waals surface area (Å²) in [5, 5.41) is 0. The van der Waals surface area contributed by atoms with Crippen molar-refractivity contribution in [2.75, 3.05) is 14.2 Å². The highest BCUT2D eigenvalue weighted by Crippen LogP contribution is 2.47. The monoisotopic (exact) mass is 446 g/mol.